The van der Waals surface area contributed by atoms with Crippen LogP contribution in [-0.4, -0.2) is 54.4 Å². The van der Waals surface area contributed by atoms with E-state index in [0.717, 1.165) is 22.8 Å². The second-order valence-corrected chi connectivity index (χ2v) is 8.85. The SMILES string of the molecule is CNCc1c2c(=O)n(-c3ccc(O)nn3)c(=O)n(Cc3c(F)cccc3F)c2nn1-c1ccc(NC(=O)NOC)cc1. The fourth-order valence-corrected chi connectivity index (χ4v) is 4.36. The van der Waals surface area contributed by atoms with E-state index in [1.807, 2.05) is 0 Å². The number of aromatic nitrogens is 6. The Balaban J connectivity index is 1.77. The van der Waals surface area contributed by atoms with Crippen LogP contribution in [0.4, 0.5) is 19.3 Å². The predicted octanol–water partition coefficient (Wildman–Crippen LogP) is 1.56. The number of hydroxylamine groups is 1. The topological polar surface area (TPSA) is 170 Å². The molecular weight excluding hydrogens is 556 g/mol. The molecule has 4 N–H and O–H groups in total. The van der Waals surface area contributed by atoms with Crippen LogP contribution in [0.25, 0.3) is 22.5 Å². The van der Waals surface area contributed by atoms with Crippen molar-refractivity contribution < 1.29 is 23.5 Å². The summed E-state index contributed by atoms with van der Waals surface area (Å²) in [5.41, 5.74) is 0.953. The zero-order chi connectivity index (χ0) is 30.0. The molecule has 0 aliphatic heterocycles. The van der Waals surface area contributed by atoms with Gasteiger partial charge in [-0.2, -0.15) is 0 Å². The Labute approximate surface area is 234 Å². The van der Waals surface area contributed by atoms with Gasteiger partial charge in [-0.3, -0.25) is 14.2 Å². The van der Waals surface area contributed by atoms with Crippen LogP contribution < -0.4 is 27.4 Å². The molecule has 42 heavy (non-hydrogen) atoms. The van der Waals surface area contributed by atoms with Gasteiger partial charge in [0, 0.05) is 23.9 Å². The molecule has 0 spiro atoms. The van der Waals surface area contributed by atoms with Gasteiger partial charge in [-0.15, -0.1) is 15.3 Å². The molecule has 3 aromatic heterocycles. The standard InChI is InChI=1S/C26H23F2N9O5/c1-29-12-19-22-23(33-37(19)15-8-6-14(7-9-15)30-25(40)34-42-2)35(13-16-17(27)4-3-5-18(16)28)26(41)36(24(22)39)20-10-11-21(38)32-31-20/h3-11,29H,12-13H2,1-2H3,(H,32,38)(H2,30,34,40). The van der Waals surface area contributed by atoms with Crippen LogP contribution in [0.15, 0.2) is 64.2 Å². The van der Waals surface area contributed by atoms with E-state index < -0.39 is 46.9 Å². The lowest BCUT2D eigenvalue weighted by atomic mass is 10.2. The molecule has 0 saturated carbocycles. The molecule has 0 unspecified atom stereocenters. The molecule has 5 rings (SSSR count). The van der Waals surface area contributed by atoms with Crippen molar-refractivity contribution in [1.29, 1.82) is 0 Å². The summed E-state index contributed by atoms with van der Waals surface area (Å²) < 4.78 is 32.5. The largest absolute Gasteiger partial charge is 0.492 e. The Morgan fingerprint density at radius 2 is 1.74 bits per heavy atom. The summed E-state index contributed by atoms with van der Waals surface area (Å²) in [5, 5.41) is 26.9. The summed E-state index contributed by atoms with van der Waals surface area (Å²) in [6, 6.07) is 11.4. The number of benzene rings is 2. The number of hydrogen-bond donors (Lipinski definition) is 4. The Bertz CT molecular complexity index is 1880. The van der Waals surface area contributed by atoms with Gasteiger partial charge in [0.2, 0.25) is 5.88 Å². The van der Waals surface area contributed by atoms with E-state index in [2.05, 4.69) is 36.2 Å². The molecule has 0 fully saturated rings. The highest BCUT2D eigenvalue weighted by molar-refractivity contribution is 5.88. The van der Waals surface area contributed by atoms with Crippen molar-refractivity contribution in [2.45, 2.75) is 13.1 Å². The first-order valence-corrected chi connectivity index (χ1v) is 12.3. The highest BCUT2D eigenvalue weighted by atomic mass is 19.1. The maximum Gasteiger partial charge on any atom is 0.343 e. The Hall–Kier alpha value is -5.48. The van der Waals surface area contributed by atoms with Gasteiger partial charge in [-0.25, -0.2) is 33.1 Å². The number of amides is 2. The summed E-state index contributed by atoms with van der Waals surface area (Å²) in [4.78, 5) is 44.0. The summed E-state index contributed by atoms with van der Waals surface area (Å²) >= 11 is 0. The van der Waals surface area contributed by atoms with Crippen molar-refractivity contribution in [3.63, 3.8) is 0 Å². The average Bonchev–Trinajstić information content (AvgIpc) is 3.33. The fraction of sp³-hybridized carbons (Fsp3) is 0.154. The second-order valence-electron chi connectivity index (χ2n) is 8.85. The van der Waals surface area contributed by atoms with Crippen molar-refractivity contribution in [2.75, 3.05) is 19.5 Å². The quantitative estimate of drug-likeness (QED) is 0.199. The molecule has 16 heteroatoms. The Morgan fingerprint density at radius 1 is 1.02 bits per heavy atom. The molecule has 14 nitrogen and oxygen atoms in total. The molecule has 5 aromatic rings. The van der Waals surface area contributed by atoms with Crippen molar-refractivity contribution >= 4 is 22.8 Å². The number of aromatic hydroxyl groups is 1. The first-order valence-electron chi connectivity index (χ1n) is 12.3. The first-order chi connectivity index (χ1) is 20.2. The maximum atomic E-state index is 14.7. The van der Waals surface area contributed by atoms with Gasteiger partial charge in [0.1, 0.15) is 17.0 Å². The minimum atomic E-state index is -0.987. The van der Waals surface area contributed by atoms with E-state index in [0.29, 0.717) is 21.6 Å². The molecule has 2 amide bonds. The van der Waals surface area contributed by atoms with Crippen LogP contribution in [0.2, 0.25) is 0 Å². The molecule has 2 aromatic carbocycles. The smallest absolute Gasteiger partial charge is 0.343 e. The molecule has 0 aliphatic carbocycles. The Kier molecular flexibility index (Phi) is 7.72. The summed E-state index contributed by atoms with van der Waals surface area (Å²) in [6.07, 6.45) is 0. The monoisotopic (exact) mass is 579 g/mol. The third-order valence-electron chi connectivity index (χ3n) is 6.21. The van der Waals surface area contributed by atoms with Crippen LogP contribution in [0.5, 0.6) is 5.88 Å². The summed E-state index contributed by atoms with van der Waals surface area (Å²) in [5.74, 6) is -2.45. The van der Waals surface area contributed by atoms with E-state index in [1.165, 1.54) is 23.9 Å². The number of hydrogen-bond acceptors (Lipinski definition) is 9. The van der Waals surface area contributed by atoms with Crippen LogP contribution in [-0.2, 0) is 17.9 Å². The summed E-state index contributed by atoms with van der Waals surface area (Å²) in [6.45, 7) is -0.511. The molecule has 216 valence electrons. The van der Waals surface area contributed by atoms with Crippen LogP contribution in [0.1, 0.15) is 11.3 Å². The van der Waals surface area contributed by atoms with Crippen molar-refractivity contribution in [2.24, 2.45) is 0 Å². The number of anilines is 1. The van der Waals surface area contributed by atoms with Gasteiger partial charge >= 0.3 is 11.7 Å². The number of rotatable bonds is 8. The number of fused-ring (bicyclic) bond motifs is 1. The summed E-state index contributed by atoms with van der Waals surface area (Å²) in [7, 11) is 2.93. The van der Waals surface area contributed by atoms with Crippen LogP contribution in [0.3, 0.4) is 0 Å². The number of carbonyl (C=O) groups excluding carboxylic acids is 1. The number of nitrogens with zero attached hydrogens (tertiary/aromatic N) is 6. The molecular formula is C26H23F2N9O5. The lowest BCUT2D eigenvalue weighted by Crippen LogP contribution is -2.40. The van der Waals surface area contributed by atoms with Gasteiger partial charge in [0.05, 0.1) is 25.0 Å². The minimum absolute atomic E-state index is 0.0303. The maximum absolute atomic E-state index is 14.7. The zero-order valence-corrected chi connectivity index (χ0v) is 22.1. The zero-order valence-electron chi connectivity index (χ0n) is 22.1. The number of carbonyl (C=O) groups is 1. The van der Waals surface area contributed by atoms with Crippen LogP contribution in [0, 0.1) is 11.6 Å². The van der Waals surface area contributed by atoms with Gasteiger partial charge in [-0.1, -0.05) is 6.07 Å². The number of urea groups is 1. The van der Waals surface area contributed by atoms with Crippen LogP contribution >= 0.6 is 0 Å². The van der Waals surface area contributed by atoms with Gasteiger partial charge in [0.25, 0.3) is 5.56 Å². The normalized spacial score (nSPS) is 11.1. The van der Waals surface area contributed by atoms with E-state index in [-0.39, 0.29) is 23.4 Å². The number of halogens is 2. The molecule has 0 atom stereocenters. The second kappa shape index (κ2) is 11.6. The number of nitrogens with one attached hydrogen (secondary N) is 3. The lowest BCUT2D eigenvalue weighted by molar-refractivity contribution is 0.114. The third kappa shape index (κ3) is 5.18. The van der Waals surface area contributed by atoms with Gasteiger partial charge < -0.3 is 15.7 Å². The Morgan fingerprint density at radius 3 is 2.36 bits per heavy atom. The molecule has 0 saturated heterocycles. The van der Waals surface area contributed by atoms with E-state index >= 15 is 0 Å². The highest BCUT2D eigenvalue weighted by Crippen LogP contribution is 2.22. The van der Waals surface area contributed by atoms with Gasteiger partial charge in [-0.05, 0) is 49.5 Å². The van der Waals surface area contributed by atoms with Gasteiger partial charge in [0.15, 0.2) is 11.5 Å². The lowest BCUT2D eigenvalue weighted by Gasteiger charge is -2.12. The third-order valence-corrected chi connectivity index (χ3v) is 6.21. The molecule has 0 radical (unpaired) electrons. The first kappa shape index (κ1) is 28.1. The molecule has 0 bridgehead atoms. The van der Waals surface area contributed by atoms with Crippen molar-refractivity contribution in [1.82, 2.24) is 39.9 Å². The van der Waals surface area contributed by atoms with E-state index in [9.17, 15) is 28.3 Å². The van der Waals surface area contributed by atoms with E-state index in [1.54, 1.807) is 31.3 Å². The molecule has 0 aliphatic rings. The highest BCUT2D eigenvalue weighted by Gasteiger charge is 2.25. The van der Waals surface area contributed by atoms with Crippen molar-refractivity contribution in [3.8, 4) is 17.4 Å². The van der Waals surface area contributed by atoms with E-state index in [4.69, 9.17) is 0 Å². The predicted molar refractivity (Wildman–Crippen MR) is 146 cm³/mol. The minimum Gasteiger partial charge on any atom is -0.492 e. The fourth-order valence-electron chi connectivity index (χ4n) is 4.36. The average molecular weight is 580 g/mol. The van der Waals surface area contributed by atoms with Crippen molar-refractivity contribution in [3.05, 3.63) is 98.3 Å². The molecule has 3 heterocycles.